The molecule has 4 nitrogen and oxygen atoms in total. The molecule has 1 fully saturated rings. The van der Waals surface area contributed by atoms with E-state index in [1.165, 1.54) is 30.3 Å². The largest absolute Gasteiger partial charge is 0.311 e. The van der Waals surface area contributed by atoms with Gasteiger partial charge >= 0.3 is 0 Å². The van der Waals surface area contributed by atoms with E-state index in [1.807, 2.05) is 23.0 Å². The number of hydrogen-bond acceptors (Lipinski definition) is 4. The Labute approximate surface area is 150 Å². The van der Waals surface area contributed by atoms with Crippen molar-refractivity contribution in [2.75, 3.05) is 12.8 Å². The van der Waals surface area contributed by atoms with Crippen molar-refractivity contribution in [2.24, 2.45) is 5.92 Å². The average Bonchev–Trinajstić information content (AvgIpc) is 2.59. The van der Waals surface area contributed by atoms with Gasteiger partial charge in [-0.15, -0.1) is 0 Å². The Kier molecular flexibility index (Phi) is 4.65. The summed E-state index contributed by atoms with van der Waals surface area (Å²) in [5, 5.41) is 4.05. The Morgan fingerprint density at radius 3 is 2.72 bits per heavy atom. The van der Waals surface area contributed by atoms with Crippen LogP contribution in [0.4, 0.5) is 4.39 Å². The minimum atomic E-state index is -0.247. The number of nitrogens with zero attached hydrogens (tertiary/aromatic N) is 2. The second kappa shape index (κ2) is 6.92. The number of halogens is 1. The molecular formula is C19H22FN3OS. The molecule has 0 bridgehead atoms. The monoisotopic (exact) mass is 359 g/mol. The fourth-order valence-corrected chi connectivity index (χ4v) is 4.44. The Morgan fingerprint density at radius 2 is 2.08 bits per heavy atom. The molecule has 0 amide bonds. The van der Waals surface area contributed by atoms with Gasteiger partial charge in [0.05, 0.1) is 11.7 Å². The molecule has 2 aromatic rings. The Hall–Kier alpha value is -1.66. The van der Waals surface area contributed by atoms with Gasteiger partial charge in [-0.1, -0.05) is 30.3 Å². The normalized spacial score (nSPS) is 18.5. The molecule has 1 saturated carbocycles. The zero-order valence-corrected chi connectivity index (χ0v) is 15.1. The van der Waals surface area contributed by atoms with Gasteiger partial charge < -0.3 is 5.32 Å². The third-order valence-electron chi connectivity index (χ3n) is 5.37. The minimum Gasteiger partial charge on any atom is -0.311 e. The second-order valence-electron chi connectivity index (χ2n) is 6.81. The highest BCUT2D eigenvalue weighted by Crippen LogP contribution is 2.41. The van der Waals surface area contributed by atoms with E-state index in [-0.39, 0.29) is 17.4 Å². The lowest BCUT2D eigenvalue weighted by Crippen LogP contribution is -2.40. The highest BCUT2D eigenvalue weighted by atomic mass is 32.2. The zero-order chi connectivity index (χ0) is 17.4. The molecule has 4 rings (SSSR count). The molecule has 1 N–H and O–H groups in total. The molecule has 2 aliphatic rings. The van der Waals surface area contributed by atoms with Crippen LogP contribution in [0.25, 0.3) is 0 Å². The predicted molar refractivity (Wildman–Crippen MR) is 97.6 cm³/mol. The summed E-state index contributed by atoms with van der Waals surface area (Å²) < 4.78 is 15.3. The Balaban J connectivity index is 1.89. The maximum atomic E-state index is 13.4. The molecule has 2 heterocycles. The van der Waals surface area contributed by atoms with Crippen LogP contribution in [0.15, 0.2) is 34.2 Å². The van der Waals surface area contributed by atoms with Crippen LogP contribution in [0, 0.1) is 11.7 Å². The first kappa shape index (κ1) is 16.8. The average molecular weight is 359 g/mol. The molecule has 1 unspecified atom stereocenters. The van der Waals surface area contributed by atoms with Crippen LogP contribution in [0.5, 0.6) is 0 Å². The smallest absolute Gasteiger partial charge is 0.258 e. The first-order chi connectivity index (χ1) is 12.2. The van der Waals surface area contributed by atoms with Crippen molar-refractivity contribution < 1.29 is 4.39 Å². The van der Waals surface area contributed by atoms with Crippen molar-refractivity contribution >= 4 is 11.8 Å². The summed E-state index contributed by atoms with van der Waals surface area (Å²) in [4.78, 5) is 18.1. The lowest BCUT2D eigenvalue weighted by Gasteiger charge is -2.36. The molecule has 1 aromatic heterocycles. The van der Waals surface area contributed by atoms with Crippen molar-refractivity contribution in [1.29, 1.82) is 0 Å². The molecule has 1 aromatic carbocycles. The predicted octanol–water partition coefficient (Wildman–Crippen LogP) is 3.14. The molecule has 1 aliphatic heterocycles. The number of nitrogens with one attached hydrogen (secondary N) is 1. The van der Waals surface area contributed by atoms with Gasteiger partial charge in [-0.2, -0.15) is 0 Å². The lowest BCUT2D eigenvalue weighted by molar-refractivity contribution is 0.222. The van der Waals surface area contributed by atoms with E-state index in [2.05, 4.69) is 5.32 Å². The van der Waals surface area contributed by atoms with Crippen molar-refractivity contribution in [3.8, 4) is 0 Å². The number of benzene rings is 1. The summed E-state index contributed by atoms with van der Waals surface area (Å²) in [5.41, 5.74) is 2.79. The highest BCUT2D eigenvalue weighted by Gasteiger charge is 2.33. The van der Waals surface area contributed by atoms with Gasteiger partial charge in [0, 0.05) is 12.1 Å². The van der Waals surface area contributed by atoms with Crippen molar-refractivity contribution in [2.45, 2.75) is 43.4 Å². The van der Waals surface area contributed by atoms with E-state index < -0.39 is 0 Å². The summed E-state index contributed by atoms with van der Waals surface area (Å²) in [5.74, 6) is 0.166. The SMILES string of the molecule is CSc1nc2c(c(=O)n1C(c1ccc(F)cc1)C1CCC1)CCNC2. The number of hydrogen-bond donors (Lipinski definition) is 1. The molecule has 0 spiro atoms. The maximum absolute atomic E-state index is 13.4. The van der Waals surface area contributed by atoms with E-state index in [4.69, 9.17) is 4.98 Å². The fraction of sp³-hybridized carbons (Fsp3) is 0.474. The molecule has 1 aliphatic carbocycles. The van der Waals surface area contributed by atoms with E-state index in [1.54, 1.807) is 0 Å². The number of fused-ring (bicyclic) bond motifs is 1. The Morgan fingerprint density at radius 1 is 1.32 bits per heavy atom. The standard InChI is InChI=1S/C19H22FN3OS/c1-25-19-22-16-11-21-10-9-15(16)18(24)23(19)17(12-3-2-4-12)13-5-7-14(20)8-6-13/h5-8,12,17,21H,2-4,9-11H2,1H3. The van der Waals surface area contributed by atoms with E-state index in [0.29, 0.717) is 12.5 Å². The van der Waals surface area contributed by atoms with Gasteiger partial charge in [-0.3, -0.25) is 9.36 Å². The van der Waals surface area contributed by atoms with Crippen LogP contribution in [-0.2, 0) is 13.0 Å². The molecule has 0 radical (unpaired) electrons. The zero-order valence-electron chi connectivity index (χ0n) is 14.3. The van der Waals surface area contributed by atoms with Crippen LogP contribution in [-0.4, -0.2) is 22.4 Å². The van der Waals surface area contributed by atoms with E-state index >= 15 is 0 Å². The number of thioether (sulfide) groups is 1. The van der Waals surface area contributed by atoms with Crippen LogP contribution in [0.1, 0.15) is 42.1 Å². The quantitative estimate of drug-likeness (QED) is 0.673. The molecule has 132 valence electrons. The van der Waals surface area contributed by atoms with Crippen LogP contribution in [0.2, 0.25) is 0 Å². The van der Waals surface area contributed by atoms with Crippen molar-refractivity contribution in [3.05, 3.63) is 57.3 Å². The lowest BCUT2D eigenvalue weighted by atomic mass is 9.77. The Bertz CT molecular complexity index is 830. The van der Waals surface area contributed by atoms with Gasteiger partial charge in [0.2, 0.25) is 0 Å². The number of rotatable bonds is 4. The van der Waals surface area contributed by atoms with Gasteiger partial charge in [-0.05, 0) is 55.7 Å². The molecule has 25 heavy (non-hydrogen) atoms. The van der Waals surface area contributed by atoms with Crippen LogP contribution in [0.3, 0.4) is 0 Å². The maximum Gasteiger partial charge on any atom is 0.258 e. The van der Waals surface area contributed by atoms with Crippen molar-refractivity contribution in [1.82, 2.24) is 14.9 Å². The first-order valence-electron chi connectivity index (χ1n) is 8.83. The summed E-state index contributed by atoms with van der Waals surface area (Å²) in [6.45, 7) is 1.47. The third kappa shape index (κ3) is 3.02. The van der Waals surface area contributed by atoms with Crippen molar-refractivity contribution in [3.63, 3.8) is 0 Å². The molecular weight excluding hydrogens is 337 g/mol. The first-order valence-corrected chi connectivity index (χ1v) is 10.1. The number of aromatic nitrogens is 2. The molecule has 1 atom stereocenters. The summed E-state index contributed by atoms with van der Waals surface area (Å²) in [7, 11) is 0. The topological polar surface area (TPSA) is 46.9 Å². The van der Waals surface area contributed by atoms with Crippen LogP contribution >= 0.6 is 11.8 Å². The molecule has 0 saturated heterocycles. The van der Waals surface area contributed by atoms with Gasteiger partial charge in [0.1, 0.15) is 5.82 Å². The third-order valence-corrected chi connectivity index (χ3v) is 6.03. The summed E-state index contributed by atoms with van der Waals surface area (Å²) in [6.07, 6.45) is 6.07. The highest BCUT2D eigenvalue weighted by molar-refractivity contribution is 7.98. The fourth-order valence-electron chi connectivity index (χ4n) is 3.85. The summed E-state index contributed by atoms with van der Waals surface area (Å²) in [6, 6.07) is 6.55. The van der Waals surface area contributed by atoms with Gasteiger partial charge in [0.25, 0.3) is 5.56 Å². The van der Waals surface area contributed by atoms with E-state index in [9.17, 15) is 9.18 Å². The minimum absolute atomic E-state index is 0.0583. The summed E-state index contributed by atoms with van der Waals surface area (Å²) >= 11 is 1.51. The van der Waals surface area contributed by atoms with Gasteiger partial charge in [-0.25, -0.2) is 9.37 Å². The van der Waals surface area contributed by atoms with Gasteiger partial charge in [0.15, 0.2) is 5.16 Å². The van der Waals surface area contributed by atoms with Crippen LogP contribution < -0.4 is 10.9 Å². The molecule has 6 heteroatoms. The second-order valence-corrected chi connectivity index (χ2v) is 7.59. The van der Waals surface area contributed by atoms with E-state index in [0.717, 1.165) is 47.8 Å².